The van der Waals surface area contributed by atoms with Crippen molar-refractivity contribution in [1.82, 2.24) is 5.32 Å². The first-order valence-corrected chi connectivity index (χ1v) is 8.04. The number of nitrogens with one attached hydrogen (secondary N) is 1. The van der Waals surface area contributed by atoms with E-state index in [0.29, 0.717) is 0 Å². The first-order chi connectivity index (χ1) is 10.3. The summed E-state index contributed by atoms with van der Waals surface area (Å²) in [6.45, 7) is 3.09. The molecule has 0 fully saturated rings. The van der Waals surface area contributed by atoms with Gasteiger partial charge in [0.05, 0.1) is 12.0 Å². The minimum absolute atomic E-state index is 0.0345. The first kappa shape index (κ1) is 14.2. The lowest BCUT2D eigenvalue weighted by Crippen LogP contribution is -2.22. The van der Waals surface area contributed by atoms with Crippen LogP contribution in [0.3, 0.4) is 0 Å². The quantitative estimate of drug-likeness (QED) is 0.723. The highest BCUT2D eigenvalue weighted by atomic mass is 32.1. The average Bonchev–Trinajstić information content (AvgIpc) is 3.14. The smallest absolute Gasteiger partial charge is 0.134 e. The third-order valence-corrected chi connectivity index (χ3v) is 4.43. The largest absolute Gasteiger partial charge is 0.496 e. The van der Waals surface area contributed by atoms with Crippen LogP contribution in [0.1, 0.15) is 30.0 Å². The molecule has 4 heteroatoms. The van der Waals surface area contributed by atoms with Crippen molar-refractivity contribution < 1.29 is 9.15 Å². The van der Waals surface area contributed by atoms with Crippen LogP contribution < -0.4 is 10.1 Å². The summed E-state index contributed by atoms with van der Waals surface area (Å²) in [6, 6.07) is 12.3. The van der Waals surface area contributed by atoms with Crippen LogP contribution in [0.2, 0.25) is 0 Å². The van der Waals surface area contributed by atoms with Crippen molar-refractivity contribution in [3.63, 3.8) is 0 Å². The standard InChI is InChI=1S/C17H19NO2S/c1-3-9-18-16(17-14(19-2)8-10-21-17)15-11-12-6-4-5-7-13(12)20-15/h4-8,10-11,16,18H,3,9H2,1-2H3. The maximum Gasteiger partial charge on any atom is 0.134 e. The summed E-state index contributed by atoms with van der Waals surface area (Å²) in [5.74, 6) is 1.85. The van der Waals surface area contributed by atoms with Crippen LogP contribution in [-0.4, -0.2) is 13.7 Å². The molecule has 1 N–H and O–H groups in total. The van der Waals surface area contributed by atoms with Gasteiger partial charge in [0.2, 0.25) is 0 Å². The Labute approximate surface area is 128 Å². The van der Waals surface area contributed by atoms with E-state index >= 15 is 0 Å². The number of rotatable bonds is 6. The van der Waals surface area contributed by atoms with Crippen LogP contribution in [-0.2, 0) is 0 Å². The molecule has 3 aromatic rings. The van der Waals surface area contributed by atoms with E-state index in [-0.39, 0.29) is 6.04 Å². The van der Waals surface area contributed by atoms with E-state index in [1.54, 1.807) is 18.4 Å². The van der Waals surface area contributed by atoms with Crippen molar-refractivity contribution in [2.24, 2.45) is 0 Å². The molecule has 0 radical (unpaired) electrons. The van der Waals surface area contributed by atoms with Crippen molar-refractivity contribution in [3.05, 3.63) is 52.4 Å². The Balaban J connectivity index is 2.02. The molecule has 0 aliphatic carbocycles. The maximum absolute atomic E-state index is 6.04. The molecule has 1 aromatic carbocycles. The summed E-state index contributed by atoms with van der Waals surface area (Å²) >= 11 is 1.69. The molecule has 1 atom stereocenters. The van der Waals surface area contributed by atoms with Gasteiger partial charge in [-0.05, 0) is 36.5 Å². The summed E-state index contributed by atoms with van der Waals surface area (Å²) < 4.78 is 11.5. The molecule has 0 spiro atoms. The molecule has 2 heterocycles. The van der Waals surface area contributed by atoms with Gasteiger partial charge in [-0.25, -0.2) is 0 Å². The van der Waals surface area contributed by atoms with Gasteiger partial charge >= 0.3 is 0 Å². The number of para-hydroxylation sites is 1. The van der Waals surface area contributed by atoms with Crippen LogP contribution in [0.15, 0.2) is 46.2 Å². The van der Waals surface area contributed by atoms with E-state index in [4.69, 9.17) is 9.15 Å². The van der Waals surface area contributed by atoms with E-state index in [1.807, 2.05) is 24.3 Å². The van der Waals surface area contributed by atoms with Gasteiger partial charge in [0.25, 0.3) is 0 Å². The predicted octanol–water partition coefficient (Wildman–Crippen LogP) is 4.59. The van der Waals surface area contributed by atoms with E-state index in [1.165, 1.54) is 0 Å². The van der Waals surface area contributed by atoms with Crippen LogP contribution in [0.5, 0.6) is 5.75 Å². The van der Waals surface area contributed by atoms with Gasteiger partial charge in [-0.1, -0.05) is 25.1 Å². The number of fused-ring (bicyclic) bond motifs is 1. The van der Waals surface area contributed by atoms with E-state index in [2.05, 4.69) is 29.8 Å². The number of benzene rings is 1. The lowest BCUT2D eigenvalue weighted by atomic mass is 10.1. The fourth-order valence-electron chi connectivity index (χ4n) is 2.44. The van der Waals surface area contributed by atoms with E-state index in [9.17, 15) is 0 Å². The average molecular weight is 301 g/mol. The molecule has 1 unspecified atom stereocenters. The molecule has 0 aliphatic heterocycles. The van der Waals surface area contributed by atoms with E-state index in [0.717, 1.165) is 40.3 Å². The molecule has 3 nitrogen and oxygen atoms in total. The molecule has 2 aromatic heterocycles. The van der Waals surface area contributed by atoms with Gasteiger partial charge in [-0.3, -0.25) is 0 Å². The van der Waals surface area contributed by atoms with Crippen molar-refractivity contribution in [1.29, 1.82) is 0 Å². The minimum atomic E-state index is 0.0345. The number of hydrogen-bond acceptors (Lipinski definition) is 4. The molecule has 3 rings (SSSR count). The van der Waals surface area contributed by atoms with E-state index < -0.39 is 0 Å². The van der Waals surface area contributed by atoms with Gasteiger partial charge in [0.15, 0.2) is 0 Å². The highest BCUT2D eigenvalue weighted by Gasteiger charge is 2.22. The highest BCUT2D eigenvalue weighted by Crippen LogP contribution is 2.36. The van der Waals surface area contributed by atoms with Gasteiger partial charge in [-0.2, -0.15) is 0 Å². The first-order valence-electron chi connectivity index (χ1n) is 7.16. The zero-order valence-corrected chi connectivity index (χ0v) is 13.1. The Morgan fingerprint density at radius 3 is 2.90 bits per heavy atom. The molecule has 0 saturated carbocycles. The van der Waals surface area contributed by atoms with Gasteiger partial charge < -0.3 is 14.5 Å². The number of methoxy groups -OCH3 is 1. The highest BCUT2D eigenvalue weighted by molar-refractivity contribution is 7.10. The summed E-state index contributed by atoms with van der Waals surface area (Å²) in [5, 5.41) is 6.74. The number of thiophene rings is 1. The number of ether oxygens (including phenoxy) is 1. The Morgan fingerprint density at radius 1 is 1.29 bits per heavy atom. The molecule has 0 amide bonds. The maximum atomic E-state index is 6.04. The Bertz CT molecular complexity index is 683. The topological polar surface area (TPSA) is 34.4 Å². The minimum Gasteiger partial charge on any atom is -0.496 e. The Kier molecular flexibility index (Phi) is 4.27. The number of furan rings is 1. The fourth-order valence-corrected chi connectivity index (χ4v) is 3.39. The Morgan fingerprint density at radius 2 is 2.14 bits per heavy atom. The zero-order valence-electron chi connectivity index (χ0n) is 12.3. The monoisotopic (exact) mass is 301 g/mol. The van der Waals surface area contributed by atoms with Gasteiger partial charge in [0, 0.05) is 5.39 Å². The molecular formula is C17H19NO2S. The van der Waals surface area contributed by atoms with Crippen LogP contribution in [0.25, 0.3) is 11.0 Å². The summed E-state index contributed by atoms with van der Waals surface area (Å²) in [6.07, 6.45) is 1.07. The van der Waals surface area contributed by atoms with Crippen LogP contribution in [0, 0.1) is 0 Å². The lowest BCUT2D eigenvalue weighted by Gasteiger charge is -2.16. The van der Waals surface area contributed by atoms with Gasteiger partial charge in [-0.15, -0.1) is 11.3 Å². The summed E-state index contributed by atoms with van der Waals surface area (Å²) in [4.78, 5) is 1.16. The Hall–Kier alpha value is -1.78. The zero-order chi connectivity index (χ0) is 14.7. The van der Waals surface area contributed by atoms with Crippen molar-refractivity contribution in [2.45, 2.75) is 19.4 Å². The predicted molar refractivity (Wildman–Crippen MR) is 87.2 cm³/mol. The second-order valence-electron chi connectivity index (χ2n) is 4.93. The van der Waals surface area contributed by atoms with Crippen molar-refractivity contribution in [3.8, 4) is 5.75 Å². The van der Waals surface area contributed by atoms with Crippen LogP contribution >= 0.6 is 11.3 Å². The fraction of sp³-hybridized carbons (Fsp3) is 0.294. The molecule has 0 saturated heterocycles. The SMILES string of the molecule is CCCNC(c1cc2ccccc2o1)c1sccc1OC. The number of hydrogen-bond donors (Lipinski definition) is 1. The third kappa shape index (κ3) is 2.82. The lowest BCUT2D eigenvalue weighted by molar-refractivity contribution is 0.400. The van der Waals surface area contributed by atoms with Crippen molar-refractivity contribution >= 4 is 22.3 Å². The normalized spacial score (nSPS) is 12.7. The molecule has 110 valence electrons. The summed E-state index contributed by atoms with van der Waals surface area (Å²) in [5.41, 5.74) is 0.923. The van der Waals surface area contributed by atoms with Gasteiger partial charge in [0.1, 0.15) is 23.1 Å². The molecule has 0 bridgehead atoms. The second kappa shape index (κ2) is 6.33. The second-order valence-corrected chi connectivity index (χ2v) is 5.87. The molecule has 21 heavy (non-hydrogen) atoms. The van der Waals surface area contributed by atoms with Crippen molar-refractivity contribution in [2.75, 3.05) is 13.7 Å². The third-order valence-electron chi connectivity index (χ3n) is 3.47. The van der Waals surface area contributed by atoms with Crippen LogP contribution in [0.4, 0.5) is 0 Å². The summed E-state index contributed by atoms with van der Waals surface area (Å²) in [7, 11) is 1.71. The molecular weight excluding hydrogens is 282 g/mol. The molecule has 0 aliphatic rings.